The van der Waals surface area contributed by atoms with Gasteiger partial charge in [-0.2, -0.15) is 19.1 Å². The van der Waals surface area contributed by atoms with Crippen molar-refractivity contribution >= 4 is 28.4 Å². The summed E-state index contributed by atoms with van der Waals surface area (Å²) in [5.41, 5.74) is 4.28. The zero-order valence-electron chi connectivity index (χ0n) is 22.4. The number of aliphatic hydroxyl groups is 1. The van der Waals surface area contributed by atoms with Crippen LogP contribution in [0.2, 0.25) is 0 Å². The number of allylic oxidation sites excluding steroid dienone is 1. The Morgan fingerprint density at radius 3 is 2.84 bits per heavy atom. The standard InChI is InChI=1S/C27H37N5O5S/c1-15(2)37-23-9-8-19-7-5-6-16(3)25(19)26(23)21-12-24-29-13-17(4)27(32(24)31-21)30-20-10-18(11-22(20)33)14-36-38(28,34)35/h5,7-9,12-13,15-18,20,22,27,30,33H,6,10-11,14H2,1-4H3,(H2,28,34,35)/p+2/t16?,17?,18-,20+,22+,27?/m0/s1. The number of aromatic nitrogens is 2. The summed E-state index contributed by atoms with van der Waals surface area (Å²) in [6, 6.07) is 6.08. The van der Waals surface area contributed by atoms with Gasteiger partial charge < -0.3 is 15.2 Å². The minimum Gasteiger partial charge on any atom is -0.490 e. The second-order valence-corrected chi connectivity index (χ2v) is 12.4. The predicted octanol–water partition coefficient (Wildman–Crippen LogP) is 2.79. The molecule has 1 aromatic carbocycles. The van der Waals surface area contributed by atoms with E-state index in [-0.39, 0.29) is 36.8 Å². The quantitative estimate of drug-likeness (QED) is 0.436. The van der Waals surface area contributed by atoms with Crippen LogP contribution < -0.4 is 15.2 Å². The van der Waals surface area contributed by atoms with Crippen LogP contribution in [-0.2, 0) is 14.5 Å². The molecule has 0 radical (unpaired) electrons. The number of fused-ring (bicyclic) bond motifs is 2. The lowest BCUT2D eigenvalue weighted by atomic mass is 9.83. The molecule has 11 heteroatoms. The van der Waals surface area contributed by atoms with Crippen molar-refractivity contribution in [3.8, 4) is 17.0 Å². The first-order chi connectivity index (χ1) is 18.0. The number of hydrogen-bond acceptors (Lipinski definition) is 6. The van der Waals surface area contributed by atoms with Crippen LogP contribution in [0.4, 0.5) is 5.82 Å². The maximum Gasteiger partial charge on any atom is 0.484 e. The molecule has 0 saturated heterocycles. The van der Waals surface area contributed by atoms with Gasteiger partial charge in [-0.05, 0) is 62.6 Å². The Morgan fingerprint density at radius 1 is 1.32 bits per heavy atom. The molecule has 10 nitrogen and oxygen atoms in total. The summed E-state index contributed by atoms with van der Waals surface area (Å²) in [6.07, 6.45) is 7.78. The molecule has 5 rings (SSSR count). The lowest BCUT2D eigenvalue weighted by Crippen LogP contribution is -2.94. The number of rotatable bonds is 8. The van der Waals surface area contributed by atoms with Gasteiger partial charge in [-0.1, -0.05) is 25.1 Å². The molecule has 4 unspecified atom stereocenters. The van der Waals surface area contributed by atoms with Gasteiger partial charge in [-0.3, -0.25) is 0 Å². The summed E-state index contributed by atoms with van der Waals surface area (Å²) in [4.78, 5) is 4.70. The molecule has 0 amide bonds. The van der Waals surface area contributed by atoms with Gasteiger partial charge in [-0.25, -0.2) is 9.18 Å². The Balaban J connectivity index is 1.46. The van der Waals surface area contributed by atoms with E-state index < -0.39 is 16.4 Å². The molecule has 1 aliphatic heterocycles. The van der Waals surface area contributed by atoms with Gasteiger partial charge in [0.05, 0.1) is 24.3 Å². The van der Waals surface area contributed by atoms with E-state index in [1.807, 2.05) is 36.9 Å². The Morgan fingerprint density at radius 2 is 2.11 bits per heavy atom. The van der Waals surface area contributed by atoms with Gasteiger partial charge in [0.25, 0.3) is 0 Å². The number of aliphatic imine (C=N–C) groups is 1. The highest BCUT2D eigenvalue weighted by molar-refractivity contribution is 7.84. The second kappa shape index (κ2) is 10.5. The van der Waals surface area contributed by atoms with Crippen molar-refractivity contribution in [3.63, 3.8) is 0 Å². The smallest absolute Gasteiger partial charge is 0.484 e. The molecule has 2 aromatic rings. The van der Waals surface area contributed by atoms with Crippen LogP contribution in [-0.4, -0.2) is 54.4 Å². The highest BCUT2D eigenvalue weighted by Crippen LogP contribution is 2.44. The third kappa shape index (κ3) is 5.57. The second-order valence-electron chi connectivity index (χ2n) is 11.2. The van der Waals surface area contributed by atoms with E-state index in [4.69, 9.17) is 24.2 Å². The molecule has 1 aromatic heterocycles. The maximum atomic E-state index is 11.3. The van der Waals surface area contributed by atoms with Crippen LogP contribution in [0.3, 0.4) is 0 Å². The Hall–Kier alpha value is -2.57. The Kier molecular flexibility index (Phi) is 7.49. The molecule has 0 spiro atoms. The SMILES string of the molecule is CC(C)Oc1ccc2c(c1-c1cc3n(n1)C([NH2+][C@@H]1C[C@H](COS(N)(=O)=[OH+])C[C@H]1O)C(C)C=N3)C(C)CC=C2. The largest absolute Gasteiger partial charge is 0.490 e. The number of aliphatic hydroxyl groups excluding tert-OH is 1. The van der Waals surface area contributed by atoms with E-state index in [0.29, 0.717) is 18.8 Å². The Labute approximate surface area is 224 Å². The van der Waals surface area contributed by atoms with E-state index in [0.717, 1.165) is 29.2 Å². The van der Waals surface area contributed by atoms with E-state index in [2.05, 4.69) is 37.4 Å². The molecule has 1 saturated carbocycles. The molecular formula is C27H39N5O5S+2. The zero-order chi connectivity index (χ0) is 27.2. The van der Waals surface area contributed by atoms with Crippen LogP contribution in [0.5, 0.6) is 5.75 Å². The number of ether oxygens (including phenoxy) is 1. The number of nitrogens with zero attached hydrogens (tertiary/aromatic N) is 3. The first-order valence-corrected chi connectivity index (χ1v) is 14.9. The highest BCUT2D eigenvalue weighted by Gasteiger charge is 2.41. The van der Waals surface area contributed by atoms with Crippen molar-refractivity contribution in [2.75, 3.05) is 6.61 Å². The lowest BCUT2D eigenvalue weighted by molar-refractivity contribution is -0.750. The van der Waals surface area contributed by atoms with Gasteiger partial charge in [-0.15, -0.1) is 4.21 Å². The fraction of sp³-hybridized carbons (Fsp3) is 0.556. The molecule has 7 atom stereocenters. The summed E-state index contributed by atoms with van der Waals surface area (Å²) >= 11 is 0. The summed E-state index contributed by atoms with van der Waals surface area (Å²) in [7, 11) is -3.76. The Bertz CT molecular complexity index is 1350. The fourth-order valence-corrected chi connectivity index (χ4v) is 6.34. The molecular weight excluding hydrogens is 506 g/mol. The molecule has 0 bridgehead atoms. The number of benzene rings is 1. The number of nitrogens with two attached hydrogens (primary N) is 2. The first-order valence-electron chi connectivity index (χ1n) is 13.4. The fourth-order valence-electron chi connectivity index (χ4n) is 5.95. The van der Waals surface area contributed by atoms with Crippen molar-refractivity contribution in [2.45, 2.75) is 77.3 Å². The minimum absolute atomic E-state index is 0.0249. The average molecular weight is 546 g/mol. The normalized spacial score (nSPS) is 29.8. The van der Waals surface area contributed by atoms with Crippen molar-refractivity contribution in [3.05, 3.63) is 35.4 Å². The highest BCUT2D eigenvalue weighted by atomic mass is 32.2. The van der Waals surface area contributed by atoms with Gasteiger partial charge in [0.1, 0.15) is 17.9 Å². The van der Waals surface area contributed by atoms with Crippen LogP contribution in [0.25, 0.3) is 17.3 Å². The molecule has 38 heavy (non-hydrogen) atoms. The molecule has 1 fully saturated rings. The van der Waals surface area contributed by atoms with Crippen LogP contribution >= 0.6 is 0 Å². The minimum atomic E-state index is -3.76. The molecule has 206 valence electrons. The molecule has 2 aliphatic carbocycles. The van der Waals surface area contributed by atoms with Crippen LogP contribution in [0, 0.1) is 11.8 Å². The van der Waals surface area contributed by atoms with Crippen LogP contribution in [0.15, 0.2) is 29.3 Å². The van der Waals surface area contributed by atoms with Crippen molar-refractivity contribution in [1.29, 1.82) is 0 Å². The van der Waals surface area contributed by atoms with E-state index in [1.54, 1.807) is 0 Å². The molecule has 6 N–H and O–H groups in total. The summed E-state index contributed by atoms with van der Waals surface area (Å²) in [5.74, 6) is 1.95. The van der Waals surface area contributed by atoms with Gasteiger partial charge >= 0.3 is 10.3 Å². The van der Waals surface area contributed by atoms with E-state index >= 15 is 0 Å². The van der Waals surface area contributed by atoms with Gasteiger partial charge in [0.2, 0.25) is 0 Å². The van der Waals surface area contributed by atoms with Crippen molar-refractivity contribution in [1.82, 2.24) is 9.78 Å². The van der Waals surface area contributed by atoms with E-state index in [1.165, 1.54) is 11.1 Å². The van der Waals surface area contributed by atoms with Gasteiger partial charge in [0.15, 0.2) is 12.0 Å². The topological polar surface area (TPSA) is 150 Å². The predicted molar refractivity (Wildman–Crippen MR) is 147 cm³/mol. The van der Waals surface area contributed by atoms with Gasteiger partial charge in [0, 0.05) is 24.3 Å². The maximum absolute atomic E-state index is 11.3. The monoisotopic (exact) mass is 545 g/mol. The lowest BCUT2D eigenvalue weighted by Gasteiger charge is -2.27. The first kappa shape index (κ1) is 27.0. The number of hydrogen-bond donors (Lipinski definition) is 3. The summed E-state index contributed by atoms with van der Waals surface area (Å²) < 4.78 is 33.7. The average Bonchev–Trinajstić information content (AvgIpc) is 3.42. The third-order valence-electron chi connectivity index (χ3n) is 7.71. The summed E-state index contributed by atoms with van der Waals surface area (Å²) in [6.45, 7) is 8.42. The summed E-state index contributed by atoms with van der Waals surface area (Å²) in [5, 5.41) is 23.1. The molecule has 2 heterocycles. The van der Waals surface area contributed by atoms with Crippen molar-refractivity contribution in [2.24, 2.45) is 22.0 Å². The van der Waals surface area contributed by atoms with Crippen LogP contribution in [0.1, 0.15) is 70.2 Å². The van der Waals surface area contributed by atoms with Crippen molar-refractivity contribution < 1.29 is 27.8 Å². The number of quaternary nitrogens is 1. The molecule has 3 aliphatic rings. The zero-order valence-corrected chi connectivity index (χ0v) is 23.2. The van der Waals surface area contributed by atoms with E-state index in [9.17, 15) is 13.5 Å². The third-order valence-corrected chi connectivity index (χ3v) is 8.18.